The zero-order chi connectivity index (χ0) is 10.3. The topological polar surface area (TPSA) is 9.23 Å². The van der Waals surface area contributed by atoms with Gasteiger partial charge in [-0.2, -0.15) is 0 Å². The normalized spacial score (nSPS) is 13.8. The highest BCUT2D eigenvalue weighted by Crippen LogP contribution is 2.21. The molecule has 0 heterocycles. The lowest BCUT2D eigenvalue weighted by molar-refractivity contribution is -0.303. The highest BCUT2D eigenvalue weighted by molar-refractivity contribution is 5.11. The van der Waals surface area contributed by atoms with Crippen LogP contribution in [0.2, 0.25) is 0 Å². The standard InChI is InChI=1S/C9H13F3O/c1-3-5-7-8(6-4-2)13-9(10,11)12/h5-7H,3-4H2,1-2H3/b7-5-,8-6+. The minimum atomic E-state index is -4.60. The largest absolute Gasteiger partial charge is 0.573 e. The second-order valence-electron chi connectivity index (χ2n) is 2.37. The van der Waals surface area contributed by atoms with Gasteiger partial charge in [0.1, 0.15) is 5.76 Å². The molecular formula is C9H13F3O. The van der Waals surface area contributed by atoms with Gasteiger partial charge in [0, 0.05) is 0 Å². The van der Waals surface area contributed by atoms with Gasteiger partial charge in [0.2, 0.25) is 0 Å². The van der Waals surface area contributed by atoms with E-state index >= 15 is 0 Å². The fourth-order valence-corrected chi connectivity index (χ4v) is 0.713. The first-order chi connectivity index (χ1) is 5.99. The van der Waals surface area contributed by atoms with Crippen molar-refractivity contribution in [2.75, 3.05) is 0 Å². The lowest BCUT2D eigenvalue weighted by Crippen LogP contribution is -2.12. The molecule has 0 N–H and O–H groups in total. The molecule has 1 nitrogen and oxygen atoms in total. The molecule has 0 aromatic carbocycles. The molecule has 0 aromatic rings. The molecule has 0 bridgehead atoms. The van der Waals surface area contributed by atoms with Crippen molar-refractivity contribution < 1.29 is 17.9 Å². The molecule has 0 saturated heterocycles. The molecule has 0 amide bonds. The van der Waals surface area contributed by atoms with Gasteiger partial charge in [0.25, 0.3) is 0 Å². The van der Waals surface area contributed by atoms with Gasteiger partial charge in [-0.05, 0) is 25.0 Å². The molecule has 13 heavy (non-hydrogen) atoms. The van der Waals surface area contributed by atoms with Crippen LogP contribution in [-0.4, -0.2) is 6.36 Å². The summed E-state index contributed by atoms with van der Waals surface area (Å²) in [5, 5.41) is 0. The highest BCUT2D eigenvalue weighted by atomic mass is 19.4. The summed E-state index contributed by atoms with van der Waals surface area (Å²) in [6.45, 7) is 3.59. The number of rotatable bonds is 4. The molecule has 0 fully saturated rings. The summed E-state index contributed by atoms with van der Waals surface area (Å²) >= 11 is 0. The first-order valence-corrected chi connectivity index (χ1v) is 4.12. The Bertz CT molecular complexity index is 192. The Kier molecular flexibility index (Phi) is 5.26. The fraction of sp³-hybridized carbons (Fsp3) is 0.556. The Morgan fingerprint density at radius 2 is 1.85 bits per heavy atom. The molecule has 0 aromatic heterocycles. The lowest BCUT2D eigenvalue weighted by atomic mass is 10.3. The zero-order valence-electron chi connectivity index (χ0n) is 7.69. The van der Waals surface area contributed by atoms with Gasteiger partial charge < -0.3 is 4.74 Å². The van der Waals surface area contributed by atoms with E-state index in [1.54, 1.807) is 13.0 Å². The first-order valence-electron chi connectivity index (χ1n) is 4.12. The van der Waals surface area contributed by atoms with E-state index < -0.39 is 6.36 Å². The summed E-state index contributed by atoms with van der Waals surface area (Å²) in [5.41, 5.74) is 0. The van der Waals surface area contributed by atoms with Gasteiger partial charge in [-0.1, -0.05) is 19.9 Å². The van der Waals surface area contributed by atoms with Crippen LogP contribution in [0.4, 0.5) is 13.2 Å². The Morgan fingerprint density at radius 1 is 1.23 bits per heavy atom. The Balaban J connectivity index is 4.28. The predicted molar refractivity (Wildman–Crippen MR) is 44.9 cm³/mol. The molecule has 0 aliphatic carbocycles. The summed E-state index contributed by atoms with van der Waals surface area (Å²) in [6, 6.07) is 0. The van der Waals surface area contributed by atoms with Crippen molar-refractivity contribution in [3.05, 3.63) is 24.0 Å². The van der Waals surface area contributed by atoms with Gasteiger partial charge >= 0.3 is 6.36 Å². The van der Waals surface area contributed by atoms with Crippen LogP contribution in [0.5, 0.6) is 0 Å². The minimum Gasteiger partial charge on any atom is -0.406 e. The third kappa shape index (κ3) is 7.43. The SMILES string of the molecule is CC/C=C\C(=C/CC)OC(F)(F)F. The van der Waals surface area contributed by atoms with E-state index in [1.165, 1.54) is 12.2 Å². The quantitative estimate of drug-likeness (QED) is 0.488. The van der Waals surface area contributed by atoms with E-state index in [2.05, 4.69) is 4.74 Å². The number of hydrogen-bond acceptors (Lipinski definition) is 1. The number of allylic oxidation sites excluding steroid dienone is 3. The van der Waals surface area contributed by atoms with Crippen molar-refractivity contribution in [2.24, 2.45) is 0 Å². The van der Waals surface area contributed by atoms with Crippen LogP contribution in [0.3, 0.4) is 0 Å². The van der Waals surface area contributed by atoms with Gasteiger partial charge in [0.05, 0.1) is 0 Å². The maximum atomic E-state index is 11.8. The van der Waals surface area contributed by atoms with Crippen LogP contribution in [0.25, 0.3) is 0 Å². The van der Waals surface area contributed by atoms with Crippen molar-refractivity contribution in [3.8, 4) is 0 Å². The molecular weight excluding hydrogens is 181 g/mol. The summed E-state index contributed by atoms with van der Waals surface area (Å²) < 4.78 is 39.0. The molecule has 76 valence electrons. The van der Waals surface area contributed by atoms with Gasteiger partial charge in [0.15, 0.2) is 0 Å². The first kappa shape index (κ1) is 12.1. The van der Waals surface area contributed by atoms with Crippen LogP contribution in [0.15, 0.2) is 24.0 Å². The van der Waals surface area contributed by atoms with Crippen LogP contribution < -0.4 is 0 Å². The lowest BCUT2D eigenvalue weighted by Gasteiger charge is -2.08. The molecule has 0 atom stereocenters. The van der Waals surface area contributed by atoms with E-state index in [9.17, 15) is 13.2 Å². The second-order valence-corrected chi connectivity index (χ2v) is 2.37. The van der Waals surface area contributed by atoms with Gasteiger partial charge in [-0.15, -0.1) is 13.2 Å². The Hall–Kier alpha value is -0.930. The smallest absolute Gasteiger partial charge is 0.406 e. The van der Waals surface area contributed by atoms with Gasteiger partial charge in [-0.3, -0.25) is 0 Å². The van der Waals surface area contributed by atoms with E-state index in [1.807, 2.05) is 6.92 Å². The molecule has 0 unspecified atom stereocenters. The second kappa shape index (κ2) is 5.67. The Morgan fingerprint density at radius 3 is 2.23 bits per heavy atom. The van der Waals surface area contributed by atoms with Crippen LogP contribution in [-0.2, 0) is 4.74 Å². The van der Waals surface area contributed by atoms with Gasteiger partial charge in [-0.25, -0.2) is 0 Å². The number of ether oxygens (including phenoxy) is 1. The summed E-state index contributed by atoms with van der Waals surface area (Å²) in [5.74, 6) is -0.142. The summed E-state index contributed by atoms with van der Waals surface area (Å²) in [6.07, 6.45) is 0.935. The molecule has 0 aliphatic rings. The highest BCUT2D eigenvalue weighted by Gasteiger charge is 2.31. The minimum absolute atomic E-state index is 0.142. The number of halogens is 3. The maximum absolute atomic E-state index is 11.8. The van der Waals surface area contributed by atoms with Crippen molar-refractivity contribution >= 4 is 0 Å². The van der Waals surface area contributed by atoms with E-state index in [4.69, 9.17) is 0 Å². The Labute approximate surface area is 75.9 Å². The fourth-order valence-electron chi connectivity index (χ4n) is 0.713. The molecule has 0 rings (SSSR count). The van der Waals surface area contributed by atoms with Crippen molar-refractivity contribution in [1.82, 2.24) is 0 Å². The molecule has 0 radical (unpaired) electrons. The third-order valence-electron chi connectivity index (χ3n) is 1.16. The molecule has 0 aliphatic heterocycles. The monoisotopic (exact) mass is 194 g/mol. The average Bonchev–Trinajstić information content (AvgIpc) is 1.98. The summed E-state index contributed by atoms with van der Waals surface area (Å²) in [4.78, 5) is 0. The van der Waals surface area contributed by atoms with Crippen LogP contribution in [0, 0.1) is 0 Å². The van der Waals surface area contributed by atoms with Crippen LogP contribution >= 0.6 is 0 Å². The third-order valence-corrected chi connectivity index (χ3v) is 1.16. The predicted octanol–water partition coefficient (Wildman–Crippen LogP) is 3.78. The number of hydrogen-bond donors (Lipinski definition) is 0. The van der Waals surface area contributed by atoms with Crippen molar-refractivity contribution in [1.29, 1.82) is 0 Å². The van der Waals surface area contributed by atoms with E-state index in [-0.39, 0.29) is 5.76 Å². The van der Waals surface area contributed by atoms with E-state index in [0.29, 0.717) is 12.8 Å². The van der Waals surface area contributed by atoms with E-state index in [0.717, 1.165) is 0 Å². The summed E-state index contributed by atoms with van der Waals surface area (Å²) in [7, 11) is 0. The maximum Gasteiger partial charge on any atom is 0.573 e. The number of alkyl halides is 3. The molecule has 4 heteroatoms. The molecule has 0 spiro atoms. The molecule has 0 saturated carbocycles. The van der Waals surface area contributed by atoms with Crippen LogP contribution in [0.1, 0.15) is 26.7 Å². The van der Waals surface area contributed by atoms with Crippen molar-refractivity contribution in [3.63, 3.8) is 0 Å². The van der Waals surface area contributed by atoms with Crippen molar-refractivity contribution in [2.45, 2.75) is 33.1 Å². The zero-order valence-corrected chi connectivity index (χ0v) is 7.69. The average molecular weight is 194 g/mol.